The summed E-state index contributed by atoms with van der Waals surface area (Å²) < 4.78 is 9.76. The molecule has 0 bridgehead atoms. The first-order valence-electron chi connectivity index (χ1n) is 5.30. The zero-order valence-corrected chi connectivity index (χ0v) is 14.4. The summed E-state index contributed by atoms with van der Waals surface area (Å²) in [5.41, 5.74) is 5.96. The van der Waals surface area contributed by atoms with E-state index in [4.69, 9.17) is 15.2 Å². The fourth-order valence-corrected chi connectivity index (χ4v) is 2.67. The molecule has 1 atom stereocenters. The highest BCUT2D eigenvalue weighted by Gasteiger charge is 2.31. The van der Waals surface area contributed by atoms with Crippen molar-refractivity contribution in [1.82, 2.24) is 0 Å². The normalized spacial score (nSPS) is 11.3. The second kappa shape index (κ2) is 8.49. The number of anilines is 1. The number of rotatable bonds is 5. The molecule has 0 fully saturated rings. The Bertz CT molecular complexity index is 453. The van der Waals surface area contributed by atoms with Gasteiger partial charge in [-0.15, -0.1) is 0 Å². The van der Waals surface area contributed by atoms with Gasteiger partial charge in [-0.05, 0) is 25.2 Å². The second-order valence-electron chi connectivity index (χ2n) is 3.17. The van der Waals surface area contributed by atoms with Crippen molar-refractivity contribution >= 4 is 44.3 Å². The molecule has 1 unspecified atom stereocenters. The van der Waals surface area contributed by atoms with Gasteiger partial charge < -0.3 is 26.5 Å². The molecule has 0 spiro atoms. The van der Waals surface area contributed by atoms with E-state index in [0.29, 0.717) is 10.8 Å². The van der Waals surface area contributed by atoms with Crippen molar-refractivity contribution in [3.8, 4) is 0 Å². The van der Waals surface area contributed by atoms with Gasteiger partial charge in [0.15, 0.2) is 15.4 Å². The van der Waals surface area contributed by atoms with E-state index in [9.17, 15) is 9.59 Å². The van der Waals surface area contributed by atoms with Crippen LogP contribution in [0.25, 0.3) is 0 Å². The van der Waals surface area contributed by atoms with Crippen LogP contribution in [0.3, 0.4) is 0 Å². The summed E-state index contributed by atoms with van der Waals surface area (Å²) in [5.74, 6) is -1.00. The van der Waals surface area contributed by atoms with E-state index < -0.39 is 16.8 Å². The molecule has 1 heterocycles. The van der Waals surface area contributed by atoms with Crippen LogP contribution in [0.4, 0.5) is 5.13 Å². The van der Waals surface area contributed by atoms with Crippen molar-refractivity contribution in [2.45, 2.75) is 18.7 Å². The molecule has 9 heteroatoms. The van der Waals surface area contributed by atoms with Gasteiger partial charge in [-0.3, -0.25) is 10.5 Å². The molecule has 108 valence electrons. The van der Waals surface area contributed by atoms with Crippen molar-refractivity contribution in [2.75, 3.05) is 18.9 Å². The quantitative estimate of drug-likeness (QED) is 0.456. The molecule has 19 heavy (non-hydrogen) atoms. The third-order valence-electron chi connectivity index (χ3n) is 1.92. The summed E-state index contributed by atoms with van der Waals surface area (Å²) in [7, 11) is 0. The number of alkyl halides is 1. The van der Waals surface area contributed by atoms with E-state index >= 15 is 0 Å². The lowest BCUT2D eigenvalue weighted by Gasteiger charge is -2.06. The molecule has 0 radical (unpaired) electrons. The molecule has 0 aliphatic heterocycles. The monoisotopic (exact) mass is 416 g/mol. The molecule has 0 amide bonds. The smallest absolute Gasteiger partial charge is 0.352 e. The van der Waals surface area contributed by atoms with Gasteiger partial charge in [-0.2, -0.15) is 0 Å². The summed E-state index contributed by atoms with van der Waals surface area (Å²) >= 11 is 4.21. The van der Waals surface area contributed by atoms with E-state index in [0.717, 1.165) is 11.3 Å². The molecule has 0 aromatic carbocycles. The van der Waals surface area contributed by atoms with E-state index in [1.807, 2.05) is 0 Å². The number of aromatic amines is 1. The van der Waals surface area contributed by atoms with E-state index in [1.54, 1.807) is 13.8 Å². The zero-order valence-electron chi connectivity index (χ0n) is 10.4. The predicted molar refractivity (Wildman–Crippen MR) is 69.5 cm³/mol. The SMILES string of the molecule is CCOC(=O)c1sc(N)[nH+]c1C(Br)C(=O)OCC.[Br-]. The number of carbonyl (C=O) groups excluding carboxylic acids is 2. The molecule has 0 aliphatic carbocycles. The maximum absolute atomic E-state index is 11.7. The number of ether oxygens (including phenoxy) is 2. The number of nitrogens with one attached hydrogen (secondary N) is 1. The highest BCUT2D eigenvalue weighted by Crippen LogP contribution is 2.29. The number of nitrogens with two attached hydrogens (primary N) is 1. The number of H-pyrrole nitrogens is 1. The summed E-state index contributed by atoms with van der Waals surface area (Å²) in [6, 6.07) is 0. The number of hydrogen-bond acceptors (Lipinski definition) is 6. The number of nitrogen functional groups attached to an aromatic ring is 1. The molecule has 1 aromatic rings. The fourth-order valence-electron chi connectivity index (χ4n) is 1.24. The molecule has 1 aromatic heterocycles. The van der Waals surface area contributed by atoms with Crippen molar-refractivity contribution in [1.29, 1.82) is 0 Å². The lowest BCUT2D eigenvalue weighted by Crippen LogP contribution is -3.00. The lowest BCUT2D eigenvalue weighted by molar-refractivity contribution is -0.366. The largest absolute Gasteiger partial charge is 1.00 e. The first kappa shape index (κ1) is 18.3. The van der Waals surface area contributed by atoms with Crippen molar-refractivity contribution < 1.29 is 41.0 Å². The Morgan fingerprint density at radius 1 is 1.37 bits per heavy atom. The van der Waals surface area contributed by atoms with Gasteiger partial charge in [0, 0.05) is 0 Å². The van der Waals surface area contributed by atoms with Crippen molar-refractivity contribution in [3.63, 3.8) is 0 Å². The molecule has 0 saturated heterocycles. The van der Waals surface area contributed by atoms with Gasteiger partial charge in [0.1, 0.15) is 0 Å². The van der Waals surface area contributed by atoms with Crippen LogP contribution in [0.2, 0.25) is 0 Å². The first-order chi connectivity index (χ1) is 8.51. The van der Waals surface area contributed by atoms with Crippen molar-refractivity contribution in [3.05, 3.63) is 10.6 Å². The number of hydrogen-bond donors (Lipinski definition) is 1. The number of esters is 2. The number of halogens is 2. The van der Waals surface area contributed by atoms with Crippen LogP contribution in [0.5, 0.6) is 0 Å². The fraction of sp³-hybridized carbons (Fsp3) is 0.500. The third kappa shape index (κ3) is 4.73. The number of aromatic nitrogens is 1. The van der Waals surface area contributed by atoms with Crippen molar-refractivity contribution in [2.24, 2.45) is 0 Å². The highest BCUT2D eigenvalue weighted by molar-refractivity contribution is 9.09. The second-order valence-corrected chi connectivity index (χ2v) is 5.14. The minimum atomic E-state index is -0.773. The molecule has 0 aliphatic rings. The van der Waals surface area contributed by atoms with Gasteiger partial charge >= 0.3 is 17.1 Å². The average Bonchev–Trinajstić information content (AvgIpc) is 2.71. The Labute approximate surface area is 133 Å². The topological polar surface area (TPSA) is 92.8 Å². The predicted octanol–water partition coefficient (Wildman–Crippen LogP) is -1.68. The van der Waals surface area contributed by atoms with Gasteiger partial charge in [0.2, 0.25) is 0 Å². The highest BCUT2D eigenvalue weighted by atomic mass is 79.9. The summed E-state index contributed by atoms with van der Waals surface area (Å²) in [6.07, 6.45) is 0. The zero-order chi connectivity index (χ0) is 13.7. The Morgan fingerprint density at radius 2 is 1.95 bits per heavy atom. The first-order valence-corrected chi connectivity index (χ1v) is 7.03. The maximum atomic E-state index is 11.7. The minimum absolute atomic E-state index is 0. The average molecular weight is 418 g/mol. The van der Waals surface area contributed by atoms with Gasteiger partial charge in [-0.25, -0.2) is 9.78 Å². The van der Waals surface area contributed by atoms with Crippen LogP contribution in [-0.2, 0) is 14.3 Å². The summed E-state index contributed by atoms with van der Waals surface area (Å²) in [4.78, 5) is 25.6. The number of thiazole rings is 1. The Kier molecular flexibility index (Phi) is 8.19. The number of carbonyl (C=O) groups is 2. The van der Waals surface area contributed by atoms with Gasteiger partial charge in [0.25, 0.3) is 0 Å². The van der Waals surface area contributed by atoms with E-state index in [2.05, 4.69) is 20.9 Å². The molecule has 6 nitrogen and oxygen atoms in total. The Balaban J connectivity index is 0.00000324. The third-order valence-corrected chi connectivity index (χ3v) is 3.67. The van der Waals surface area contributed by atoms with Gasteiger partial charge in [0.05, 0.1) is 13.2 Å². The molecule has 0 saturated carbocycles. The Hall–Kier alpha value is -0.670. The van der Waals surface area contributed by atoms with Gasteiger partial charge in [-0.1, -0.05) is 15.9 Å². The lowest BCUT2D eigenvalue weighted by atomic mass is 10.2. The summed E-state index contributed by atoms with van der Waals surface area (Å²) in [6.45, 7) is 3.92. The maximum Gasteiger partial charge on any atom is 0.352 e. The van der Waals surface area contributed by atoms with Crippen LogP contribution >= 0.6 is 27.3 Å². The molecular weight excluding hydrogens is 404 g/mol. The molecular formula is C10H14Br2N2O4S. The van der Waals surface area contributed by atoms with E-state index in [1.165, 1.54) is 0 Å². The molecule has 1 rings (SSSR count). The Morgan fingerprint density at radius 3 is 2.47 bits per heavy atom. The van der Waals surface area contributed by atoms with Crippen LogP contribution in [0, 0.1) is 0 Å². The standard InChI is InChI=1S/C10H13BrN2O4S.BrH/c1-3-16-8(14)5(11)6-7(9(15)17-4-2)18-10(12)13-6;/h5H,3-4H2,1-2H3,(H2,12,13);1H. The van der Waals surface area contributed by atoms with E-state index in [-0.39, 0.29) is 35.1 Å². The van der Waals surface area contributed by atoms with Crippen LogP contribution in [0.15, 0.2) is 0 Å². The molecule has 3 N–H and O–H groups in total. The van der Waals surface area contributed by atoms with Crippen LogP contribution in [0.1, 0.15) is 34.0 Å². The minimum Gasteiger partial charge on any atom is -1.00 e. The van der Waals surface area contributed by atoms with Crippen LogP contribution < -0.4 is 27.7 Å². The summed E-state index contributed by atoms with van der Waals surface area (Å²) in [5, 5.41) is 0.321. The van der Waals surface area contributed by atoms with Crippen LogP contribution in [-0.4, -0.2) is 25.2 Å².